The van der Waals surface area contributed by atoms with Gasteiger partial charge in [-0.05, 0) is 51.5 Å². The number of hydrogen-bond donors (Lipinski definition) is 2. The largest absolute Gasteiger partial charge is 0.379 e. The maximum Gasteiger partial charge on any atom is 0.254 e. The molecule has 3 aromatic heterocycles. The summed E-state index contributed by atoms with van der Waals surface area (Å²) < 4.78 is 7.85. The molecule has 2 amide bonds. The number of aromatic nitrogens is 2. The maximum atomic E-state index is 13.7. The molecule has 0 spiro atoms. The number of rotatable bonds is 6. The first kappa shape index (κ1) is 27.0. The van der Waals surface area contributed by atoms with Gasteiger partial charge in [-0.2, -0.15) is 0 Å². The average molecular weight is 561 g/mol. The van der Waals surface area contributed by atoms with Crippen molar-refractivity contribution in [1.82, 2.24) is 24.9 Å². The molecule has 3 aliphatic rings. The summed E-state index contributed by atoms with van der Waals surface area (Å²) >= 11 is 1.74. The fraction of sp³-hybridized carbons (Fsp3) is 0.467. The number of nitrogens with one attached hydrogen (secondary N) is 2. The van der Waals surface area contributed by atoms with E-state index < -0.39 is 5.92 Å². The van der Waals surface area contributed by atoms with E-state index in [1.807, 2.05) is 32.9 Å². The number of aliphatic imine (C=N–C) groups is 1. The Kier molecular flexibility index (Phi) is 7.43. The minimum Gasteiger partial charge on any atom is -0.379 e. The van der Waals surface area contributed by atoms with Crippen LogP contribution in [0.2, 0.25) is 0 Å². The van der Waals surface area contributed by atoms with E-state index in [0.29, 0.717) is 24.5 Å². The highest BCUT2D eigenvalue weighted by Crippen LogP contribution is 2.35. The topological polar surface area (TPSA) is 100 Å². The summed E-state index contributed by atoms with van der Waals surface area (Å²) in [5.74, 6) is -0.821. The van der Waals surface area contributed by atoms with Gasteiger partial charge >= 0.3 is 0 Å². The van der Waals surface area contributed by atoms with Crippen molar-refractivity contribution >= 4 is 34.4 Å². The van der Waals surface area contributed by atoms with Gasteiger partial charge < -0.3 is 19.8 Å². The lowest BCUT2D eigenvalue weighted by Gasteiger charge is -2.34. The molecular weight excluding hydrogens is 524 g/mol. The number of ether oxygens (including phenoxy) is 1. The van der Waals surface area contributed by atoms with Gasteiger partial charge in [-0.1, -0.05) is 5.57 Å². The van der Waals surface area contributed by atoms with Crippen LogP contribution in [0.4, 0.5) is 0 Å². The van der Waals surface area contributed by atoms with Crippen LogP contribution < -0.4 is 10.6 Å². The molecule has 0 saturated carbocycles. The highest BCUT2D eigenvalue weighted by atomic mass is 32.1. The molecule has 9 nitrogen and oxygen atoms in total. The molecule has 0 aromatic carbocycles. The zero-order valence-electron chi connectivity index (χ0n) is 23.5. The Bertz CT molecular complexity index is 1520. The Morgan fingerprint density at radius 3 is 2.80 bits per heavy atom. The third-order valence-corrected chi connectivity index (χ3v) is 9.46. The van der Waals surface area contributed by atoms with Gasteiger partial charge in [0.2, 0.25) is 0 Å². The van der Waals surface area contributed by atoms with Crippen LogP contribution in [0.5, 0.6) is 0 Å². The molecule has 1 saturated heterocycles. The van der Waals surface area contributed by atoms with Crippen molar-refractivity contribution in [2.75, 3.05) is 39.4 Å². The molecule has 1 fully saturated rings. The molecule has 40 heavy (non-hydrogen) atoms. The molecule has 3 aromatic rings. The van der Waals surface area contributed by atoms with Crippen molar-refractivity contribution in [2.45, 2.75) is 46.7 Å². The van der Waals surface area contributed by atoms with E-state index in [1.165, 1.54) is 10.6 Å². The first-order valence-electron chi connectivity index (χ1n) is 14.0. The second kappa shape index (κ2) is 11.0. The van der Waals surface area contributed by atoms with Gasteiger partial charge in [-0.3, -0.25) is 14.5 Å². The monoisotopic (exact) mass is 560 g/mol. The van der Waals surface area contributed by atoms with Crippen LogP contribution in [-0.2, 0) is 22.5 Å². The quantitative estimate of drug-likeness (QED) is 0.477. The van der Waals surface area contributed by atoms with Gasteiger partial charge in [0.25, 0.3) is 11.8 Å². The van der Waals surface area contributed by atoms with E-state index in [-0.39, 0.29) is 24.4 Å². The number of dihydropyridines is 1. The van der Waals surface area contributed by atoms with Crippen LogP contribution in [0.25, 0.3) is 16.1 Å². The number of carbonyl (C=O) groups excluding carboxylic acids is 2. The van der Waals surface area contributed by atoms with E-state index in [9.17, 15) is 9.59 Å². The summed E-state index contributed by atoms with van der Waals surface area (Å²) in [7, 11) is 0. The molecule has 10 heteroatoms. The van der Waals surface area contributed by atoms with Crippen molar-refractivity contribution in [3.05, 3.63) is 57.4 Å². The Balaban J connectivity index is 1.37. The number of thiazole rings is 1. The highest BCUT2D eigenvalue weighted by molar-refractivity contribution is 7.15. The zero-order chi connectivity index (χ0) is 28.0. The third-order valence-electron chi connectivity index (χ3n) is 8.31. The minimum atomic E-state index is -0.436. The molecule has 0 aliphatic carbocycles. The van der Waals surface area contributed by atoms with Gasteiger partial charge in [0, 0.05) is 84.3 Å². The SMILES string of the molecule is CC1=CC(C)=NC(=O)C1CNC(=O)c1cc2cc(-c3nc4c(s3)CNCC4)cn2c(C(C)N2CCOCC2)c1C. The van der Waals surface area contributed by atoms with E-state index in [2.05, 4.69) is 44.1 Å². The average Bonchev–Trinajstić information content (AvgIpc) is 3.56. The molecule has 210 valence electrons. The van der Waals surface area contributed by atoms with E-state index in [4.69, 9.17) is 9.72 Å². The number of carbonyl (C=O) groups is 2. The Morgan fingerprint density at radius 1 is 1.25 bits per heavy atom. The van der Waals surface area contributed by atoms with Crippen molar-refractivity contribution in [3.63, 3.8) is 0 Å². The Labute approximate surface area is 238 Å². The van der Waals surface area contributed by atoms with Crippen LogP contribution in [0.15, 0.2) is 35.0 Å². The van der Waals surface area contributed by atoms with Gasteiger partial charge in [0.1, 0.15) is 5.01 Å². The second-order valence-electron chi connectivity index (χ2n) is 11.0. The van der Waals surface area contributed by atoms with Gasteiger partial charge in [-0.25, -0.2) is 9.98 Å². The summed E-state index contributed by atoms with van der Waals surface area (Å²) in [6.45, 7) is 13.1. The third kappa shape index (κ3) is 5.05. The minimum absolute atomic E-state index is 0.0792. The van der Waals surface area contributed by atoms with Crippen molar-refractivity contribution in [1.29, 1.82) is 0 Å². The number of fused-ring (bicyclic) bond motifs is 2. The predicted octanol–water partition coefficient (Wildman–Crippen LogP) is 3.70. The van der Waals surface area contributed by atoms with Gasteiger partial charge in [-0.15, -0.1) is 11.3 Å². The molecule has 6 heterocycles. The molecule has 0 bridgehead atoms. The maximum absolute atomic E-state index is 13.7. The number of allylic oxidation sites excluding steroid dienone is 1. The van der Waals surface area contributed by atoms with Crippen molar-refractivity contribution < 1.29 is 14.3 Å². The normalized spacial score (nSPS) is 20.7. The standard InChI is InChI=1S/C30H36N6O3S/c1-17-11-18(2)33-29(38)24(17)14-32-28(37)23-13-22-12-21(30-34-25-5-6-31-15-26(25)40-30)16-36(22)27(19(23)3)20(4)35-7-9-39-10-8-35/h11-13,16,20,24,31H,5-10,14-15H2,1-4H3,(H,32,37). The van der Waals surface area contributed by atoms with E-state index >= 15 is 0 Å². The van der Waals surface area contributed by atoms with Crippen LogP contribution in [-0.4, -0.2) is 71.2 Å². The molecule has 2 unspecified atom stereocenters. The highest BCUT2D eigenvalue weighted by Gasteiger charge is 2.28. The van der Waals surface area contributed by atoms with Crippen LogP contribution in [0.3, 0.4) is 0 Å². The zero-order valence-corrected chi connectivity index (χ0v) is 24.4. The Hall–Kier alpha value is -3.18. The summed E-state index contributed by atoms with van der Waals surface area (Å²) in [6.07, 6.45) is 5.03. The summed E-state index contributed by atoms with van der Waals surface area (Å²) in [5.41, 5.74) is 7.48. The Morgan fingerprint density at radius 2 is 2.05 bits per heavy atom. The fourth-order valence-electron chi connectivity index (χ4n) is 6.08. The van der Waals surface area contributed by atoms with E-state index in [1.54, 1.807) is 11.3 Å². The molecule has 3 aliphatic heterocycles. The van der Waals surface area contributed by atoms with Gasteiger partial charge in [0.05, 0.1) is 24.8 Å². The van der Waals surface area contributed by atoms with Crippen molar-refractivity contribution in [3.8, 4) is 10.6 Å². The lowest BCUT2D eigenvalue weighted by atomic mass is 9.95. The number of pyridine rings is 1. The molecule has 2 N–H and O–H groups in total. The number of hydrogen-bond acceptors (Lipinski definition) is 7. The fourth-order valence-corrected chi connectivity index (χ4v) is 7.13. The van der Waals surface area contributed by atoms with Crippen LogP contribution in [0, 0.1) is 12.8 Å². The second-order valence-corrected chi connectivity index (χ2v) is 12.1. The summed E-state index contributed by atoms with van der Waals surface area (Å²) in [4.78, 5) is 39.0. The lowest BCUT2D eigenvalue weighted by Crippen LogP contribution is -2.39. The van der Waals surface area contributed by atoms with Crippen LogP contribution >= 0.6 is 11.3 Å². The van der Waals surface area contributed by atoms with E-state index in [0.717, 1.165) is 65.5 Å². The molecule has 0 radical (unpaired) electrons. The van der Waals surface area contributed by atoms with Gasteiger partial charge in [0.15, 0.2) is 0 Å². The molecule has 6 rings (SSSR count). The lowest BCUT2D eigenvalue weighted by molar-refractivity contribution is -0.120. The molecular formula is C30H36N6O3S. The first-order valence-corrected chi connectivity index (χ1v) is 14.8. The number of morpholine rings is 1. The summed E-state index contributed by atoms with van der Waals surface area (Å²) in [5, 5.41) is 7.49. The molecule has 2 atom stereocenters. The van der Waals surface area contributed by atoms with Crippen molar-refractivity contribution in [2.24, 2.45) is 10.9 Å². The predicted molar refractivity (Wildman–Crippen MR) is 157 cm³/mol. The number of amides is 2. The van der Waals surface area contributed by atoms with Crippen LogP contribution in [0.1, 0.15) is 59.0 Å². The summed E-state index contributed by atoms with van der Waals surface area (Å²) in [6, 6.07) is 4.18. The smallest absolute Gasteiger partial charge is 0.254 e. The number of nitrogens with zero attached hydrogens (tertiary/aromatic N) is 4. The first-order chi connectivity index (χ1) is 19.3.